The van der Waals surface area contributed by atoms with Gasteiger partial charge >= 0.3 is 0 Å². The number of hydrogen-bond donors (Lipinski definition) is 1. The van der Waals surface area contributed by atoms with Gasteiger partial charge in [0.05, 0.1) is 12.8 Å². The molecule has 1 aromatic heterocycles. The van der Waals surface area contributed by atoms with Crippen LogP contribution in [-0.4, -0.2) is 45.8 Å². The van der Waals surface area contributed by atoms with E-state index in [2.05, 4.69) is 55.1 Å². The number of nitrogens with one attached hydrogen (secondary N) is 1. The molecule has 1 saturated heterocycles. The van der Waals surface area contributed by atoms with Crippen LogP contribution in [0, 0.1) is 13.8 Å². The highest BCUT2D eigenvalue weighted by molar-refractivity contribution is 5.94. The van der Waals surface area contributed by atoms with Crippen molar-refractivity contribution in [2.45, 2.75) is 71.6 Å². The Morgan fingerprint density at radius 3 is 2.53 bits per heavy atom. The van der Waals surface area contributed by atoms with Crippen LogP contribution in [0.25, 0.3) is 5.69 Å². The van der Waals surface area contributed by atoms with Gasteiger partial charge in [0.15, 0.2) is 0 Å². The number of amides is 1. The lowest BCUT2D eigenvalue weighted by molar-refractivity contribution is 0.0581. The molecular weight excluding hydrogens is 424 g/mol. The Balaban J connectivity index is 1.41. The van der Waals surface area contributed by atoms with Crippen LogP contribution < -0.4 is 10.1 Å². The number of nitrogens with zero attached hydrogens (tertiary/aromatic N) is 3. The van der Waals surface area contributed by atoms with Crippen molar-refractivity contribution in [2.75, 3.05) is 7.11 Å². The van der Waals surface area contributed by atoms with Crippen LogP contribution in [0.1, 0.15) is 60.2 Å². The number of benzene rings is 2. The lowest BCUT2D eigenvalue weighted by Gasteiger charge is -2.44. The van der Waals surface area contributed by atoms with Gasteiger partial charge in [0, 0.05) is 42.6 Å². The lowest BCUT2D eigenvalue weighted by atomic mass is 9.89. The van der Waals surface area contributed by atoms with Gasteiger partial charge < -0.3 is 10.1 Å². The molecule has 34 heavy (non-hydrogen) atoms. The number of carbonyl (C=O) groups is 1. The molecule has 6 nitrogen and oxygen atoms in total. The number of piperidine rings is 1. The zero-order valence-corrected chi connectivity index (χ0v) is 20.9. The minimum Gasteiger partial charge on any atom is -0.496 e. The predicted molar refractivity (Wildman–Crippen MR) is 136 cm³/mol. The molecule has 1 amide bonds. The summed E-state index contributed by atoms with van der Waals surface area (Å²) >= 11 is 0. The molecule has 2 heterocycles. The van der Waals surface area contributed by atoms with Gasteiger partial charge in [0.25, 0.3) is 5.91 Å². The molecular formula is C28H36N4O2. The monoisotopic (exact) mass is 460 g/mol. The molecule has 2 aromatic carbocycles. The summed E-state index contributed by atoms with van der Waals surface area (Å²) in [6.45, 7) is 9.76. The van der Waals surface area contributed by atoms with Crippen molar-refractivity contribution < 1.29 is 9.53 Å². The molecule has 0 saturated carbocycles. The van der Waals surface area contributed by atoms with Gasteiger partial charge in [-0.3, -0.25) is 9.69 Å². The summed E-state index contributed by atoms with van der Waals surface area (Å²) in [5.41, 5.74) is 5.49. The van der Waals surface area contributed by atoms with Crippen molar-refractivity contribution in [2.24, 2.45) is 0 Å². The molecule has 3 atom stereocenters. The van der Waals surface area contributed by atoms with Crippen LogP contribution in [0.5, 0.6) is 5.75 Å². The molecule has 3 aromatic rings. The highest BCUT2D eigenvalue weighted by Crippen LogP contribution is 2.30. The number of methoxy groups -OCH3 is 1. The molecule has 1 N–H and O–H groups in total. The number of hydrogen-bond acceptors (Lipinski definition) is 4. The van der Waals surface area contributed by atoms with Gasteiger partial charge in [-0.1, -0.05) is 13.0 Å². The molecule has 2 unspecified atom stereocenters. The summed E-state index contributed by atoms with van der Waals surface area (Å²) in [5, 5.41) is 7.54. The smallest absolute Gasteiger partial charge is 0.251 e. The fraction of sp³-hybridized carbons (Fsp3) is 0.429. The van der Waals surface area contributed by atoms with E-state index in [0.717, 1.165) is 37.2 Å². The van der Waals surface area contributed by atoms with Gasteiger partial charge in [-0.15, -0.1) is 0 Å². The third kappa shape index (κ3) is 5.02. The van der Waals surface area contributed by atoms with Gasteiger partial charge in [0.1, 0.15) is 5.75 Å². The maximum absolute atomic E-state index is 13.0. The second-order valence-corrected chi connectivity index (χ2v) is 9.40. The molecule has 180 valence electrons. The zero-order valence-electron chi connectivity index (χ0n) is 20.9. The Morgan fingerprint density at radius 2 is 1.88 bits per heavy atom. The van der Waals surface area contributed by atoms with E-state index in [-0.39, 0.29) is 11.9 Å². The van der Waals surface area contributed by atoms with Crippen LogP contribution in [0.4, 0.5) is 0 Å². The standard InChI is InChI=1S/C28H36N4O2/c1-6-25-17-24(30-28(33)22-8-11-26(12-9-22)32-15-7-14-29-32)16-19(2)31(25)18-23-10-13-27(34-5)21(4)20(23)3/h7-15,19,24-25H,6,16-18H2,1-5H3,(H,30,33)/t19?,24-,25?/m0/s1. The van der Waals surface area contributed by atoms with Crippen LogP contribution in [0.3, 0.4) is 0 Å². The number of carbonyl (C=O) groups excluding carboxylic acids is 1. The fourth-order valence-electron chi connectivity index (χ4n) is 5.17. The Kier molecular flexibility index (Phi) is 7.37. The van der Waals surface area contributed by atoms with Gasteiger partial charge in [-0.25, -0.2) is 4.68 Å². The SMILES string of the molecule is CCC1C[C@@H](NC(=O)c2ccc(-n3cccn3)cc2)CC(C)N1Cc1ccc(OC)c(C)c1C. The summed E-state index contributed by atoms with van der Waals surface area (Å²) in [6.07, 6.45) is 6.61. The minimum atomic E-state index is -0.00542. The molecule has 4 rings (SSSR count). The van der Waals surface area contributed by atoms with Crippen molar-refractivity contribution in [3.05, 3.63) is 77.1 Å². The zero-order chi connectivity index (χ0) is 24.2. The quantitative estimate of drug-likeness (QED) is 0.535. The van der Waals surface area contributed by atoms with Crippen molar-refractivity contribution >= 4 is 5.91 Å². The van der Waals surface area contributed by atoms with Crippen molar-refractivity contribution in [3.63, 3.8) is 0 Å². The van der Waals surface area contributed by atoms with E-state index in [1.54, 1.807) is 18.0 Å². The minimum absolute atomic E-state index is 0.00542. The second kappa shape index (κ2) is 10.4. The maximum atomic E-state index is 13.0. The summed E-state index contributed by atoms with van der Waals surface area (Å²) in [6, 6.07) is 14.8. The van der Waals surface area contributed by atoms with Crippen molar-refractivity contribution in [1.29, 1.82) is 0 Å². The average Bonchev–Trinajstić information content (AvgIpc) is 3.38. The number of ether oxygens (including phenoxy) is 1. The van der Waals surface area contributed by atoms with E-state index >= 15 is 0 Å². The lowest BCUT2D eigenvalue weighted by Crippen LogP contribution is -2.53. The molecule has 1 aliphatic rings. The average molecular weight is 461 g/mol. The molecule has 1 aliphatic heterocycles. The Bertz CT molecular complexity index is 1110. The molecule has 0 radical (unpaired) electrons. The number of rotatable bonds is 7. The van der Waals surface area contributed by atoms with E-state index in [4.69, 9.17) is 4.74 Å². The van der Waals surface area contributed by atoms with Gasteiger partial charge in [-0.2, -0.15) is 5.10 Å². The van der Waals surface area contributed by atoms with E-state index in [1.165, 1.54) is 16.7 Å². The van der Waals surface area contributed by atoms with E-state index in [9.17, 15) is 4.79 Å². The second-order valence-electron chi connectivity index (χ2n) is 9.40. The first-order valence-electron chi connectivity index (χ1n) is 12.2. The first-order chi connectivity index (χ1) is 16.4. The third-order valence-electron chi connectivity index (χ3n) is 7.34. The fourth-order valence-corrected chi connectivity index (χ4v) is 5.17. The maximum Gasteiger partial charge on any atom is 0.251 e. The highest BCUT2D eigenvalue weighted by Gasteiger charge is 2.33. The third-order valence-corrected chi connectivity index (χ3v) is 7.34. The van der Waals surface area contributed by atoms with E-state index < -0.39 is 0 Å². The highest BCUT2D eigenvalue weighted by atomic mass is 16.5. The normalized spacial score (nSPS) is 20.8. The number of aromatic nitrogens is 2. The summed E-state index contributed by atoms with van der Waals surface area (Å²) in [7, 11) is 1.73. The predicted octanol–water partition coefficient (Wildman–Crippen LogP) is 5.06. The Hall–Kier alpha value is -3.12. The number of likely N-dealkylation sites (tertiary alicyclic amines) is 1. The molecule has 0 bridgehead atoms. The first-order valence-corrected chi connectivity index (χ1v) is 12.2. The van der Waals surface area contributed by atoms with Crippen molar-refractivity contribution in [1.82, 2.24) is 20.0 Å². The topological polar surface area (TPSA) is 59.4 Å². The summed E-state index contributed by atoms with van der Waals surface area (Å²) in [5.74, 6) is 0.939. The Morgan fingerprint density at radius 1 is 1.12 bits per heavy atom. The van der Waals surface area contributed by atoms with Gasteiger partial charge in [-0.05, 0) is 93.1 Å². The Labute approximate surface area is 202 Å². The largest absolute Gasteiger partial charge is 0.496 e. The molecule has 6 heteroatoms. The van der Waals surface area contributed by atoms with Crippen LogP contribution >= 0.6 is 0 Å². The molecule has 1 fully saturated rings. The van der Waals surface area contributed by atoms with E-state index in [0.29, 0.717) is 17.6 Å². The summed E-state index contributed by atoms with van der Waals surface area (Å²) < 4.78 is 7.28. The van der Waals surface area contributed by atoms with Crippen LogP contribution in [0.15, 0.2) is 54.9 Å². The molecule has 0 spiro atoms. The molecule has 0 aliphatic carbocycles. The van der Waals surface area contributed by atoms with Gasteiger partial charge in [0.2, 0.25) is 0 Å². The van der Waals surface area contributed by atoms with E-state index in [1.807, 2.05) is 36.5 Å². The summed E-state index contributed by atoms with van der Waals surface area (Å²) in [4.78, 5) is 15.6. The first kappa shape index (κ1) is 24.0. The van der Waals surface area contributed by atoms with Crippen LogP contribution in [-0.2, 0) is 6.54 Å². The van der Waals surface area contributed by atoms with Crippen LogP contribution in [0.2, 0.25) is 0 Å². The van der Waals surface area contributed by atoms with Crippen molar-refractivity contribution in [3.8, 4) is 11.4 Å².